The largest absolute Gasteiger partial charge is 0.478 e. The van der Waals surface area contributed by atoms with Crippen LogP contribution in [0.15, 0.2) is 152 Å². The van der Waals surface area contributed by atoms with Gasteiger partial charge in [-0.3, -0.25) is 14.4 Å². The van der Waals surface area contributed by atoms with Gasteiger partial charge in [0, 0.05) is 149 Å². The van der Waals surface area contributed by atoms with Crippen molar-refractivity contribution in [1.29, 1.82) is 0 Å². The standard InChI is InChI=1S/C20H19N5O2.C19H29N3O2Si.C16H22BrNO2.C16H21N3O2.C11H13N3.C10H9NO3.C5H10Si/c1-3-14-11-21-20(22-12-14)24-17-9-10-25(13-17)19(27)15-5-7-16(8-6-15)23-18(26)4-2;1-19(2,3)24-18(23)22-9-7-15(14-22)11-17-20-12-16(13-21-17)8-10-25(4,5)6;1-16(2,3)20-15(19)18-9-8-13(11-18)10-12-4-6-14(17)7-5-12;1-5-12-9-17-14(18-10-12)8-13-6-7-19(11-13)15(20)21-16(2,3)4;1-2-9-7-13-11(14-8-9)5-10-3-4-12-6-10;1-2-9(12)11-8-5-3-7(4-6-8)10(13)14;1-5-6(2,3)4/h1,4-8,11-12,17H,2,9-10,13H2,(H,23,26)(H,21,22,24);12-13,15H,7,9,11,14H2,1-6H3;4-7,13H,8-11H2,1-3H3;1,9-10,13H,6-8,11H2,2-4H3;1,7-8,10,12H,3-6H2;2-6H,1H2,(H,11,12)(H,13,14);1H,2-4H3/t17-;15-;2*13-;10-;;/m10000../s1. The summed E-state index contributed by atoms with van der Waals surface area (Å²) < 4.78 is 17.3. The minimum Gasteiger partial charge on any atom is -0.478 e. The number of halogens is 1. The quantitative estimate of drug-likeness (QED) is 0.0260. The molecule has 5 saturated heterocycles. The Bertz CT molecular complexity index is 5020. The number of carboxylic acid groups (broad SMARTS) is 1. The number of carboxylic acids is 1. The zero-order valence-electron chi connectivity index (χ0n) is 76.0. The molecule has 30 heteroatoms. The molecule has 0 unspecified atom stereocenters. The number of aromatic nitrogens is 8. The number of anilines is 3. The minimum atomic E-state index is -1.38. The highest BCUT2D eigenvalue weighted by atomic mass is 79.9. The van der Waals surface area contributed by atoms with Crippen LogP contribution < -0.4 is 21.3 Å². The van der Waals surface area contributed by atoms with Crippen LogP contribution >= 0.6 is 15.9 Å². The molecule has 5 atom stereocenters. The number of aromatic carboxylic acids is 1. The molecule has 6 amide bonds. The summed E-state index contributed by atoms with van der Waals surface area (Å²) in [4.78, 5) is 123. The van der Waals surface area contributed by atoms with E-state index in [1.807, 2.05) is 67.2 Å². The molecule has 0 saturated carbocycles. The van der Waals surface area contributed by atoms with Gasteiger partial charge in [0.1, 0.15) is 50.4 Å². The van der Waals surface area contributed by atoms with Gasteiger partial charge >= 0.3 is 24.2 Å². The maximum absolute atomic E-state index is 12.7. The van der Waals surface area contributed by atoms with E-state index in [1.54, 1.807) is 88.5 Å². The van der Waals surface area contributed by atoms with Crippen LogP contribution in [0.2, 0.25) is 39.3 Å². The number of carbonyl (C=O) groups excluding carboxylic acids is 6. The van der Waals surface area contributed by atoms with Crippen LogP contribution in [0.25, 0.3) is 0 Å². The smallest absolute Gasteiger partial charge is 0.410 e. The summed E-state index contributed by atoms with van der Waals surface area (Å²) in [6.45, 7) is 44.6. The zero-order chi connectivity index (χ0) is 93.7. The van der Waals surface area contributed by atoms with Crippen LogP contribution in [0.3, 0.4) is 0 Å². The van der Waals surface area contributed by atoms with Gasteiger partial charge in [0.2, 0.25) is 17.8 Å². The van der Waals surface area contributed by atoms with E-state index in [0.29, 0.717) is 83.9 Å². The van der Waals surface area contributed by atoms with Gasteiger partial charge in [-0.1, -0.05) is 104 Å². The van der Waals surface area contributed by atoms with Crippen molar-refractivity contribution in [2.24, 2.45) is 23.7 Å². The Morgan fingerprint density at radius 3 is 1.20 bits per heavy atom. The second kappa shape index (κ2) is 50.1. The van der Waals surface area contributed by atoms with E-state index in [0.717, 1.165) is 130 Å². The van der Waals surface area contributed by atoms with Crippen LogP contribution in [0.5, 0.6) is 0 Å². The van der Waals surface area contributed by atoms with Crippen molar-refractivity contribution >= 4 is 91.4 Å². The average molecular weight is 1830 g/mol. The van der Waals surface area contributed by atoms with Crippen LogP contribution in [0, 0.1) is 84.1 Å². The van der Waals surface area contributed by atoms with Gasteiger partial charge < -0.3 is 60.2 Å². The fourth-order valence-electron chi connectivity index (χ4n) is 12.6. The molecular weight excluding hydrogens is 1700 g/mol. The molecule has 5 fully saturated rings. The summed E-state index contributed by atoms with van der Waals surface area (Å²) in [6, 6.07) is 21.1. The van der Waals surface area contributed by atoms with Gasteiger partial charge in [-0.25, -0.2) is 59.0 Å². The first kappa shape index (κ1) is 103. The molecule has 0 spiro atoms. The lowest BCUT2D eigenvalue weighted by molar-refractivity contribution is -0.112. The average Bonchev–Trinajstić information content (AvgIpc) is 1.74. The number of hydrogen-bond donors (Lipinski definition) is 5. The number of nitrogens with zero attached hydrogens (tertiary/aromatic N) is 12. The highest BCUT2D eigenvalue weighted by molar-refractivity contribution is 9.10. The van der Waals surface area contributed by atoms with Crippen LogP contribution in [0.4, 0.5) is 31.7 Å². The molecule has 5 N–H and O–H groups in total. The molecule has 5 aliphatic rings. The maximum Gasteiger partial charge on any atom is 0.410 e. The summed E-state index contributed by atoms with van der Waals surface area (Å²) in [5.41, 5.74) is 10.9. The third-order valence-electron chi connectivity index (χ3n) is 19.1. The SMILES string of the molecule is C#C[Si](C)(C)C.C#Cc1cnc(C[C@@H]2CCN(C(=O)OC(C)(C)C)C2)nc1.C#Cc1cnc(C[C@@H]2CCNC2)nc1.C#Cc1cnc(N[C@@H]2CCN(C(=O)c3ccc(NC(=O)C=C)cc3)C2)nc1.C=CC(=O)Nc1ccc(C(=O)O)cc1.CC(C)(C)OC(=O)N1CC[C@@H](Cc2ccc(Br)cc2)C1.CC(C)(C)OC(=O)N1CC[C@@H](Cc2ncc(C#C[Si](C)(C)C)cn2)C1. The van der Waals surface area contributed by atoms with Gasteiger partial charge in [-0.05, 0) is 216 Å². The predicted octanol–water partition coefficient (Wildman–Crippen LogP) is 15.5. The fourth-order valence-corrected chi connectivity index (χ4v) is 13.4. The van der Waals surface area contributed by atoms with Crippen LogP contribution in [-0.2, 0) is 49.5 Å². The number of benzene rings is 3. The van der Waals surface area contributed by atoms with E-state index in [2.05, 4.69) is 189 Å². The van der Waals surface area contributed by atoms with Crippen molar-refractivity contribution in [3.8, 4) is 60.5 Å². The topological polar surface area (TPSA) is 332 Å². The second-order valence-corrected chi connectivity index (χ2v) is 46.5. The molecule has 127 heavy (non-hydrogen) atoms. The Hall–Kier alpha value is -12.4. The van der Waals surface area contributed by atoms with Gasteiger partial charge in [-0.15, -0.1) is 36.8 Å². The molecule has 0 radical (unpaired) electrons. The molecule has 672 valence electrons. The second-order valence-electron chi connectivity index (χ2n) is 36.1. The van der Waals surface area contributed by atoms with E-state index in [-0.39, 0.29) is 47.6 Å². The van der Waals surface area contributed by atoms with E-state index in [9.17, 15) is 33.6 Å². The number of terminal acetylenes is 4. The number of nitrogens with one attached hydrogen (secondary N) is 4. The van der Waals surface area contributed by atoms with Crippen molar-refractivity contribution in [3.63, 3.8) is 0 Å². The van der Waals surface area contributed by atoms with E-state index in [4.69, 9.17) is 45.0 Å². The number of amides is 6. The van der Waals surface area contributed by atoms with Crippen molar-refractivity contribution < 1.29 is 52.9 Å². The normalized spacial score (nSPS) is 16.7. The Balaban J connectivity index is 0.000000235. The van der Waals surface area contributed by atoms with Gasteiger partial charge in [-0.2, -0.15) is 0 Å². The van der Waals surface area contributed by atoms with Gasteiger partial charge in [0.25, 0.3) is 5.91 Å². The number of likely N-dealkylation sites (tertiary alicyclic amines) is 4. The molecule has 4 aromatic heterocycles. The summed E-state index contributed by atoms with van der Waals surface area (Å²) >= 11 is 3.45. The third-order valence-corrected chi connectivity index (χ3v) is 21.4. The summed E-state index contributed by atoms with van der Waals surface area (Å²) in [6.07, 6.45) is 44.6. The Morgan fingerprint density at radius 2 is 0.850 bits per heavy atom. The maximum atomic E-state index is 12.7. The van der Waals surface area contributed by atoms with Gasteiger partial charge in [0.15, 0.2) is 0 Å². The minimum absolute atomic E-state index is 0.0514. The number of hydrogen-bond acceptors (Lipinski definition) is 20. The molecule has 5 aliphatic heterocycles. The Kier molecular flexibility index (Phi) is 40.8. The highest BCUT2D eigenvalue weighted by Gasteiger charge is 2.34. The number of rotatable bonds is 16. The molecule has 0 aliphatic carbocycles. The lowest BCUT2D eigenvalue weighted by Crippen LogP contribution is -2.35. The Labute approximate surface area is 760 Å². The fraction of sp³-hybridized carbons (Fsp3) is 0.433. The summed E-state index contributed by atoms with van der Waals surface area (Å²) in [5, 5.41) is 20.3. The molecule has 9 heterocycles. The lowest BCUT2D eigenvalue weighted by atomic mass is 9.99. The first-order valence-electron chi connectivity index (χ1n) is 42.3. The lowest BCUT2D eigenvalue weighted by Gasteiger charge is -2.24. The summed E-state index contributed by atoms with van der Waals surface area (Å²) in [5.74, 6) is 13.9. The molecule has 12 rings (SSSR count). The first-order chi connectivity index (χ1) is 59.9. The van der Waals surface area contributed by atoms with Crippen molar-refractivity contribution in [2.75, 3.05) is 81.4 Å². The van der Waals surface area contributed by atoms with E-state index < -0.39 is 38.9 Å². The van der Waals surface area contributed by atoms with Crippen LogP contribution in [-0.4, -0.2) is 211 Å². The van der Waals surface area contributed by atoms with Crippen molar-refractivity contribution in [3.05, 3.63) is 209 Å². The van der Waals surface area contributed by atoms with Crippen molar-refractivity contribution in [2.45, 2.75) is 182 Å². The first-order valence-corrected chi connectivity index (χ1v) is 50.1. The molecular formula is C97H123BrN16O11Si2. The van der Waals surface area contributed by atoms with Gasteiger partial charge in [0.05, 0.1) is 27.8 Å². The molecule has 0 bridgehead atoms. The van der Waals surface area contributed by atoms with Crippen LogP contribution in [0.1, 0.15) is 160 Å². The zero-order valence-corrected chi connectivity index (χ0v) is 79.6. The Morgan fingerprint density at radius 1 is 0.488 bits per heavy atom. The number of ether oxygens (including phenoxy) is 3. The predicted molar refractivity (Wildman–Crippen MR) is 507 cm³/mol. The highest BCUT2D eigenvalue weighted by Crippen LogP contribution is 2.28. The number of carbonyl (C=O) groups is 7. The van der Waals surface area contributed by atoms with E-state index >= 15 is 0 Å². The van der Waals surface area contributed by atoms with E-state index in [1.165, 1.54) is 42.3 Å². The molecule has 7 aromatic rings. The third kappa shape index (κ3) is 40.6. The summed E-state index contributed by atoms with van der Waals surface area (Å²) in [7, 11) is -2.49. The van der Waals surface area contributed by atoms with Crippen molar-refractivity contribution in [1.82, 2.24) is 64.8 Å². The molecule has 27 nitrogen and oxygen atoms in total. The monoisotopic (exact) mass is 1820 g/mol. The molecule has 3 aromatic carbocycles.